The molecule has 4 rings (SSSR count). The maximum Gasteiger partial charge on any atom is 0.417 e. The molecule has 1 fully saturated rings. The summed E-state index contributed by atoms with van der Waals surface area (Å²) in [6.45, 7) is 1.03. The number of nitrogens with zero attached hydrogens (tertiary/aromatic N) is 3. The second-order valence-electron chi connectivity index (χ2n) is 7.20. The molecule has 1 N–H and O–H groups in total. The second-order valence-corrected chi connectivity index (χ2v) is 8.06. The summed E-state index contributed by atoms with van der Waals surface area (Å²) in [4.78, 5) is 22.7. The fraction of sp³-hybridized carbons (Fsp3) is 0.286. The van der Waals surface area contributed by atoms with Crippen LogP contribution in [0, 0.1) is 11.7 Å². The number of hydrogen-bond donors (Lipinski definition) is 1. The number of amides is 1. The van der Waals surface area contributed by atoms with Crippen molar-refractivity contribution in [2.75, 3.05) is 23.3 Å². The zero-order valence-corrected chi connectivity index (χ0v) is 17.0. The Bertz CT molecular complexity index is 1060. The third-order valence-corrected chi connectivity index (χ3v) is 5.88. The van der Waals surface area contributed by atoms with Crippen LogP contribution >= 0.6 is 11.3 Å². The van der Waals surface area contributed by atoms with Gasteiger partial charge in [0, 0.05) is 36.1 Å². The summed E-state index contributed by atoms with van der Waals surface area (Å²) in [5, 5.41) is 5.00. The highest BCUT2D eigenvalue weighted by atomic mass is 32.1. The Morgan fingerprint density at radius 1 is 1.16 bits per heavy atom. The van der Waals surface area contributed by atoms with E-state index in [0.717, 1.165) is 12.3 Å². The standard InChI is InChI=1S/C21H18F4N4OS/c22-16-3-1-2-14(10-16)17-12-31-20(27-17)28-19(30)13-6-8-29(9-7-13)18-5-4-15(11-26-18)21(23,24)25/h1-5,10-13H,6-9H2,(H,27,28,30). The molecule has 3 aromatic rings. The average molecular weight is 450 g/mol. The van der Waals surface area contributed by atoms with Crippen LogP contribution in [-0.4, -0.2) is 29.0 Å². The molecule has 1 aliphatic heterocycles. The molecule has 1 saturated heterocycles. The molecule has 3 heterocycles. The summed E-state index contributed by atoms with van der Waals surface area (Å²) in [5.41, 5.74) is 0.434. The van der Waals surface area contributed by atoms with E-state index in [1.807, 2.05) is 4.90 Å². The number of thiazole rings is 1. The minimum atomic E-state index is -4.42. The first kappa shape index (κ1) is 21.2. The maximum absolute atomic E-state index is 13.4. The van der Waals surface area contributed by atoms with Crippen LogP contribution in [0.1, 0.15) is 18.4 Å². The summed E-state index contributed by atoms with van der Waals surface area (Å²) in [6, 6.07) is 8.44. The van der Waals surface area contributed by atoms with Crippen molar-refractivity contribution < 1.29 is 22.4 Å². The molecule has 0 aliphatic carbocycles. The minimum absolute atomic E-state index is 0.153. The minimum Gasteiger partial charge on any atom is -0.357 e. The molecule has 2 aromatic heterocycles. The summed E-state index contributed by atoms with van der Waals surface area (Å²) in [5.74, 6) is -0.274. The van der Waals surface area contributed by atoms with Crippen LogP contribution in [0.2, 0.25) is 0 Å². The van der Waals surface area contributed by atoms with Gasteiger partial charge in [-0.25, -0.2) is 14.4 Å². The van der Waals surface area contributed by atoms with Gasteiger partial charge >= 0.3 is 6.18 Å². The van der Waals surface area contributed by atoms with E-state index in [4.69, 9.17) is 0 Å². The van der Waals surface area contributed by atoms with Crippen molar-refractivity contribution in [2.24, 2.45) is 5.92 Å². The SMILES string of the molecule is O=C(Nc1nc(-c2cccc(F)c2)cs1)C1CCN(c2ccc(C(F)(F)F)cn2)CC1. The van der Waals surface area contributed by atoms with E-state index in [1.54, 1.807) is 17.5 Å². The Morgan fingerprint density at radius 2 is 1.94 bits per heavy atom. The van der Waals surface area contributed by atoms with Crippen LogP contribution in [0.5, 0.6) is 0 Å². The van der Waals surface area contributed by atoms with E-state index >= 15 is 0 Å². The Morgan fingerprint density at radius 3 is 2.58 bits per heavy atom. The lowest BCUT2D eigenvalue weighted by atomic mass is 9.96. The van der Waals surface area contributed by atoms with Gasteiger partial charge in [0.25, 0.3) is 0 Å². The molecule has 0 unspecified atom stereocenters. The number of nitrogens with one attached hydrogen (secondary N) is 1. The van der Waals surface area contributed by atoms with Crippen molar-refractivity contribution in [1.29, 1.82) is 0 Å². The normalized spacial score (nSPS) is 15.2. The van der Waals surface area contributed by atoms with Gasteiger partial charge in [0.05, 0.1) is 11.3 Å². The lowest BCUT2D eigenvalue weighted by molar-refractivity contribution is -0.137. The highest BCUT2D eigenvalue weighted by Crippen LogP contribution is 2.31. The van der Waals surface area contributed by atoms with E-state index in [-0.39, 0.29) is 17.6 Å². The predicted octanol–water partition coefficient (Wildman–Crippen LogP) is 5.22. The quantitative estimate of drug-likeness (QED) is 0.554. The number of halogens is 4. The summed E-state index contributed by atoms with van der Waals surface area (Å²) >= 11 is 1.27. The molecular weight excluding hydrogens is 432 g/mol. The molecule has 5 nitrogen and oxygen atoms in total. The smallest absolute Gasteiger partial charge is 0.357 e. The number of pyridine rings is 1. The fourth-order valence-electron chi connectivity index (χ4n) is 3.43. The van der Waals surface area contributed by atoms with Gasteiger partial charge in [0.2, 0.25) is 5.91 Å². The first-order chi connectivity index (χ1) is 14.8. The molecule has 0 bridgehead atoms. The predicted molar refractivity (Wildman–Crippen MR) is 110 cm³/mol. The number of alkyl halides is 3. The largest absolute Gasteiger partial charge is 0.417 e. The van der Waals surface area contributed by atoms with E-state index in [9.17, 15) is 22.4 Å². The Kier molecular flexibility index (Phi) is 5.90. The van der Waals surface area contributed by atoms with Gasteiger partial charge in [0.1, 0.15) is 11.6 Å². The Labute approximate surface area is 179 Å². The molecule has 1 aromatic carbocycles. The molecule has 0 spiro atoms. The fourth-order valence-corrected chi connectivity index (χ4v) is 4.15. The summed E-state index contributed by atoms with van der Waals surface area (Å²) in [7, 11) is 0. The number of anilines is 2. The van der Waals surface area contributed by atoms with Crippen LogP contribution in [0.25, 0.3) is 11.3 Å². The third kappa shape index (κ3) is 5.01. The zero-order chi connectivity index (χ0) is 22.0. The number of aromatic nitrogens is 2. The number of rotatable bonds is 4. The number of hydrogen-bond acceptors (Lipinski definition) is 5. The van der Waals surface area contributed by atoms with E-state index in [1.165, 1.54) is 29.5 Å². The van der Waals surface area contributed by atoms with Crippen molar-refractivity contribution in [3.63, 3.8) is 0 Å². The van der Waals surface area contributed by atoms with Crippen LogP contribution in [0.4, 0.5) is 28.5 Å². The molecule has 31 heavy (non-hydrogen) atoms. The van der Waals surface area contributed by atoms with Gasteiger partial charge in [0.15, 0.2) is 5.13 Å². The highest BCUT2D eigenvalue weighted by molar-refractivity contribution is 7.14. The third-order valence-electron chi connectivity index (χ3n) is 5.12. The Balaban J connectivity index is 1.33. The second kappa shape index (κ2) is 8.62. The maximum atomic E-state index is 13.4. The molecule has 0 radical (unpaired) electrons. The molecule has 162 valence electrons. The van der Waals surface area contributed by atoms with Gasteiger partial charge in [-0.1, -0.05) is 12.1 Å². The zero-order valence-electron chi connectivity index (χ0n) is 16.2. The van der Waals surface area contributed by atoms with Gasteiger partial charge < -0.3 is 10.2 Å². The molecule has 0 saturated carbocycles. The van der Waals surface area contributed by atoms with Gasteiger partial charge in [-0.3, -0.25) is 4.79 Å². The first-order valence-corrected chi connectivity index (χ1v) is 10.5. The molecule has 10 heteroatoms. The van der Waals surface area contributed by atoms with Crippen molar-refractivity contribution >= 4 is 28.2 Å². The summed E-state index contributed by atoms with van der Waals surface area (Å²) in [6.07, 6.45) is -2.49. The van der Waals surface area contributed by atoms with E-state index < -0.39 is 11.7 Å². The number of carbonyl (C=O) groups is 1. The van der Waals surface area contributed by atoms with Crippen LogP contribution in [0.15, 0.2) is 48.0 Å². The number of piperidine rings is 1. The molecule has 1 aliphatic rings. The summed E-state index contributed by atoms with van der Waals surface area (Å²) < 4.78 is 51.4. The average Bonchev–Trinajstić information content (AvgIpc) is 3.22. The van der Waals surface area contributed by atoms with Crippen molar-refractivity contribution in [2.45, 2.75) is 19.0 Å². The van der Waals surface area contributed by atoms with E-state index in [2.05, 4.69) is 15.3 Å². The lowest BCUT2D eigenvalue weighted by Crippen LogP contribution is -2.38. The van der Waals surface area contributed by atoms with Gasteiger partial charge in [-0.15, -0.1) is 11.3 Å². The van der Waals surface area contributed by atoms with E-state index in [0.29, 0.717) is 48.1 Å². The van der Waals surface area contributed by atoms with Crippen molar-refractivity contribution in [3.8, 4) is 11.3 Å². The van der Waals surface area contributed by atoms with Crippen molar-refractivity contribution in [1.82, 2.24) is 9.97 Å². The highest BCUT2D eigenvalue weighted by Gasteiger charge is 2.31. The molecule has 0 atom stereocenters. The first-order valence-electron chi connectivity index (χ1n) is 9.60. The molecule has 1 amide bonds. The van der Waals surface area contributed by atoms with Crippen molar-refractivity contribution in [3.05, 3.63) is 59.4 Å². The topological polar surface area (TPSA) is 58.1 Å². The van der Waals surface area contributed by atoms with Crippen LogP contribution in [0.3, 0.4) is 0 Å². The van der Waals surface area contributed by atoms with Gasteiger partial charge in [-0.2, -0.15) is 13.2 Å². The van der Waals surface area contributed by atoms with Gasteiger partial charge in [-0.05, 0) is 37.1 Å². The molecular formula is C21H18F4N4OS. The van der Waals surface area contributed by atoms with Crippen LogP contribution < -0.4 is 10.2 Å². The Hall–Kier alpha value is -3.01. The number of carbonyl (C=O) groups excluding carboxylic acids is 1. The number of benzene rings is 1. The monoisotopic (exact) mass is 450 g/mol. The van der Waals surface area contributed by atoms with Crippen LogP contribution in [-0.2, 0) is 11.0 Å². The lowest BCUT2D eigenvalue weighted by Gasteiger charge is -2.32.